The molecule has 1 aromatic rings. The maximum absolute atomic E-state index is 13.9. The Morgan fingerprint density at radius 2 is 1.48 bits per heavy atom. The third-order valence-electron chi connectivity index (χ3n) is 6.40. The monoisotopic (exact) mass is 435 g/mol. The number of likely N-dealkylation sites (tertiary alicyclic amines) is 1. The summed E-state index contributed by atoms with van der Waals surface area (Å²) in [7, 11) is 0. The summed E-state index contributed by atoms with van der Waals surface area (Å²) >= 11 is 0. The Kier molecular flexibility index (Phi) is 6.50. The average Bonchev–Trinajstić information content (AvgIpc) is 3.33. The fourth-order valence-corrected chi connectivity index (χ4v) is 4.54. The van der Waals surface area contributed by atoms with Gasteiger partial charge in [-0.25, -0.2) is 8.78 Å². The minimum atomic E-state index is -0.876. The molecule has 0 radical (unpaired) electrons. The maximum atomic E-state index is 13.9. The molecule has 0 aliphatic carbocycles. The normalized spacial score (nSPS) is 22.6. The summed E-state index contributed by atoms with van der Waals surface area (Å²) < 4.78 is 32.5. The Morgan fingerprint density at radius 1 is 0.839 bits per heavy atom. The van der Waals surface area contributed by atoms with Crippen LogP contribution >= 0.6 is 0 Å². The van der Waals surface area contributed by atoms with Crippen molar-refractivity contribution in [1.29, 1.82) is 0 Å². The van der Waals surface area contributed by atoms with E-state index in [1.165, 1.54) is 4.90 Å². The van der Waals surface area contributed by atoms with Crippen molar-refractivity contribution in [3.8, 4) is 0 Å². The van der Waals surface area contributed by atoms with Gasteiger partial charge in [0, 0.05) is 57.9 Å². The Morgan fingerprint density at radius 3 is 2.06 bits per heavy atom. The topological polar surface area (TPSA) is 70.2 Å². The molecule has 168 valence electrons. The van der Waals surface area contributed by atoms with Crippen LogP contribution in [0.25, 0.3) is 0 Å². The Bertz CT molecular complexity index is 843. The summed E-state index contributed by atoms with van der Waals surface area (Å²) in [6.45, 7) is 3.34. The molecule has 7 nitrogen and oxygen atoms in total. The highest BCUT2D eigenvalue weighted by atomic mass is 19.1. The van der Waals surface area contributed by atoms with Crippen molar-refractivity contribution < 1.29 is 27.9 Å². The summed E-state index contributed by atoms with van der Waals surface area (Å²) in [5.41, 5.74) is -0.154. The van der Waals surface area contributed by atoms with Gasteiger partial charge in [0.2, 0.25) is 5.91 Å². The van der Waals surface area contributed by atoms with Crippen LogP contribution in [0.15, 0.2) is 18.2 Å². The smallest absolute Gasteiger partial charge is 0.256 e. The molecule has 3 aliphatic rings. The molecule has 3 heterocycles. The molecule has 3 aliphatic heterocycles. The number of nitrogens with zero attached hydrogens (tertiary/aromatic N) is 3. The Balaban J connectivity index is 1.26. The highest BCUT2D eigenvalue weighted by Gasteiger charge is 2.35. The molecule has 0 aromatic heterocycles. The lowest BCUT2D eigenvalue weighted by molar-refractivity contribution is -0.147. The molecule has 1 unspecified atom stereocenters. The van der Waals surface area contributed by atoms with Gasteiger partial charge in [0.1, 0.15) is 17.7 Å². The second-order valence-electron chi connectivity index (χ2n) is 8.34. The van der Waals surface area contributed by atoms with E-state index in [4.69, 9.17) is 4.74 Å². The molecular weight excluding hydrogens is 408 g/mol. The minimum Gasteiger partial charge on any atom is -0.368 e. The first-order valence-corrected chi connectivity index (χ1v) is 10.9. The molecule has 0 N–H and O–H groups in total. The Labute approximate surface area is 179 Å². The van der Waals surface area contributed by atoms with Gasteiger partial charge in [-0.1, -0.05) is 0 Å². The first-order chi connectivity index (χ1) is 14.9. The van der Waals surface area contributed by atoms with E-state index in [0.717, 1.165) is 25.0 Å². The number of hydrogen-bond acceptors (Lipinski definition) is 4. The molecular formula is C22H27F2N3O4. The first-order valence-electron chi connectivity index (χ1n) is 10.9. The van der Waals surface area contributed by atoms with Crippen molar-refractivity contribution in [1.82, 2.24) is 14.7 Å². The lowest BCUT2D eigenvalue weighted by Crippen LogP contribution is -2.54. The molecule has 0 saturated carbocycles. The van der Waals surface area contributed by atoms with Gasteiger partial charge >= 0.3 is 0 Å². The number of amides is 3. The van der Waals surface area contributed by atoms with E-state index in [-0.39, 0.29) is 29.4 Å². The molecule has 1 aromatic carbocycles. The molecule has 1 atom stereocenters. The molecule has 31 heavy (non-hydrogen) atoms. The van der Waals surface area contributed by atoms with E-state index < -0.39 is 17.5 Å². The van der Waals surface area contributed by atoms with Gasteiger partial charge in [-0.05, 0) is 37.8 Å². The van der Waals surface area contributed by atoms with Gasteiger partial charge in [0.25, 0.3) is 11.8 Å². The molecule has 3 saturated heterocycles. The third kappa shape index (κ3) is 4.71. The standard InChI is InChI=1S/C22H27F2N3O4/c23-16-3-4-17(18(24)14-16)21(29)25-7-5-15(6-8-25)20(28)26-9-11-27(12-10-26)22(30)19-2-1-13-31-19/h3-4,14-15,19H,1-2,5-13H2. The average molecular weight is 435 g/mol. The SMILES string of the molecule is O=C(c1ccc(F)cc1F)N1CCC(C(=O)N2CCN(C(=O)C3CCCO3)CC2)CC1. The van der Waals surface area contributed by atoms with E-state index in [9.17, 15) is 23.2 Å². The lowest BCUT2D eigenvalue weighted by atomic mass is 9.94. The third-order valence-corrected chi connectivity index (χ3v) is 6.40. The quantitative estimate of drug-likeness (QED) is 0.724. The summed E-state index contributed by atoms with van der Waals surface area (Å²) in [6.07, 6.45) is 2.33. The van der Waals surface area contributed by atoms with Crippen LogP contribution < -0.4 is 0 Å². The number of piperazine rings is 1. The van der Waals surface area contributed by atoms with Crippen LogP contribution in [0, 0.1) is 17.6 Å². The zero-order valence-corrected chi connectivity index (χ0v) is 17.4. The molecule has 3 amide bonds. The van der Waals surface area contributed by atoms with Gasteiger partial charge in [-0.15, -0.1) is 0 Å². The van der Waals surface area contributed by atoms with Crippen LogP contribution in [-0.2, 0) is 14.3 Å². The van der Waals surface area contributed by atoms with Gasteiger partial charge < -0.3 is 19.4 Å². The number of halogens is 2. The van der Waals surface area contributed by atoms with Gasteiger partial charge in [-0.2, -0.15) is 0 Å². The van der Waals surface area contributed by atoms with Crippen LogP contribution in [0.1, 0.15) is 36.0 Å². The van der Waals surface area contributed by atoms with Crippen molar-refractivity contribution in [2.75, 3.05) is 45.9 Å². The number of hydrogen-bond donors (Lipinski definition) is 0. The van der Waals surface area contributed by atoms with Crippen LogP contribution in [0.4, 0.5) is 8.78 Å². The number of piperidine rings is 1. The molecule has 0 spiro atoms. The maximum Gasteiger partial charge on any atom is 0.256 e. The lowest BCUT2D eigenvalue weighted by Gasteiger charge is -2.39. The summed E-state index contributed by atoms with van der Waals surface area (Å²) in [6, 6.07) is 2.92. The van der Waals surface area contributed by atoms with Gasteiger partial charge in [-0.3, -0.25) is 14.4 Å². The predicted octanol–water partition coefficient (Wildman–Crippen LogP) is 1.67. The van der Waals surface area contributed by atoms with Crippen LogP contribution in [0.5, 0.6) is 0 Å². The highest BCUT2D eigenvalue weighted by molar-refractivity contribution is 5.94. The summed E-state index contributed by atoms with van der Waals surface area (Å²) in [5.74, 6) is -2.21. The fraction of sp³-hybridized carbons (Fsp3) is 0.591. The highest BCUT2D eigenvalue weighted by Crippen LogP contribution is 2.23. The first kappa shape index (κ1) is 21.7. The van der Waals surface area contributed by atoms with Crippen molar-refractivity contribution in [2.45, 2.75) is 31.8 Å². The predicted molar refractivity (Wildman–Crippen MR) is 107 cm³/mol. The van der Waals surface area contributed by atoms with Gasteiger partial charge in [0.15, 0.2) is 0 Å². The minimum absolute atomic E-state index is 0.0180. The van der Waals surface area contributed by atoms with E-state index in [1.54, 1.807) is 9.80 Å². The summed E-state index contributed by atoms with van der Waals surface area (Å²) in [4.78, 5) is 43.0. The van der Waals surface area contributed by atoms with Crippen LogP contribution in [0.2, 0.25) is 0 Å². The van der Waals surface area contributed by atoms with E-state index in [0.29, 0.717) is 64.8 Å². The van der Waals surface area contributed by atoms with Crippen LogP contribution in [-0.4, -0.2) is 84.4 Å². The second-order valence-corrected chi connectivity index (χ2v) is 8.34. The van der Waals surface area contributed by atoms with Crippen molar-refractivity contribution in [3.05, 3.63) is 35.4 Å². The van der Waals surface area contributed by atoms with E-state index in [2.05, 4.69) is 0 Å². The number of ether oxygens (including phenoxy) is 1. The number of carbonyl (C=O) groups is 3. The van der Waals surface area contributed by atoms with Crippen molar-refractivity contribution in [3.63, 3.8) is 0 Å². The molecule has 3 fully saturated rings. The largest absolute Gasteiger partial charge is 0.368 e. The zero-order chi connectivity index (χ0) is 22.0. The molecule has 9 heteroatoms. The van der Waals surface area contributed by atoms with Crippen LogP contribution in [0.3, 0.4) is 0 Å². The van der Waals surface area contributed by atoms with E-state index >= 15 is 0 Å². The van der Waals surface area contributed by atoms with Crippen molar-refractivity contribution >= 4 is 17.7 Å². The summed E-state index contributed by atoms with van der Waals surface area (Å²) in [5, 5.41) is 0. The van der Waals surface area contributed by atoms with Gasteiger partial charge in [0.05, 0.1) is 5.56 Å². The molecule has 4 rings (SSSR count). The number of benzene rings is 1. The fourth-order valence-electron chi connectivity index (χ4n) is 4.54. The zero-order valence-electron chi connectivity index (χ0n) is 17.4. The Hall–Kier alpha value is -2.55. The number of carbonyl (C=O) groups excluding carboxylic acids is 3. The van der Waals surface area contributed by atoms with Crippen molar-refractivity contribution in [2.24, 2.45) is 5.92 Å². The number of rotatable bonds is 3. The second kappa shape index (κ2) is 9.30. The molecule has 0 bridgehead atoms. The van der Waals surface area contributed by atoms with E-state index in [1.807, 2.05) is 0 Å².